The molecule has 5 heteroatoms. The van der Waals surface area contributed by atoms with Crippen molar-refractivity contribution in [3.8, 4) is 0 Å². The largest absolute Gasteiger partial charge is 0.393 e. The Morgan fingerprint density at radius 3 is 2.55 bits per heavy atom. The third-order valence-electron chi connectivity index (χ3n) is 3.13. The summed E-state index contributed by atoms with van der Waals surface area (Å²) in [5.41, 5.74) is 1.02. The maximum absolute atomic E-state index is 11.5. The highest BCUT2D eigenvalue weighted by Gasteiger charge is 2.09. The number of hydrogen-bond acceptors (Lipinski definition) is 2. The fourth-order valence-corrected chi connectivity index (χ4v) is 1.97. The SMILES string of the molecule is CC(C)C(O)CCNC(=O)NCCc1ccccc1Cl. The first-order chi connectivity index (χ1) is 9.50. The number of carbonyl (C=O) groups excluding carboxylic acids is 1. The molecule has 1 rings (SSSR count). The van der Waals surface area contributed by atoms with Crippen LogP contribution in [0.4, 0.5) is 4.79 Å². The minimum absolute atomic E-state index is 0.208. The van der Waals surface area contributed by atoms with Gasteiger partial charge in [0.1, 0.15) is 0 Å². The number of hydrogen-bond donors (Lipinski definition) is 3. The van der Waals surface area contributed by atoms with E-state index in [1.54, 1.807) is 0 Å². The van der Waals surface area contributed by atoms with Crippen LogP contribution in [0.3, 0.4) is 0 Å². The van der Waals surface area contributed by atoms with Gasteiger partial charge < -0.3 is 15.7 Å². The molecule has 2 amide bonds. The Morgan fingerprint density at radius 2 is 1.90 bits per heavy atom. The highest BCUT2D eigenvalue weighted by Crippen LogP contribution is 2.14. The highest BCUT2D eigenvalue weighted by molar-refractivity contribution is 6.31. The monoisotopic (exact) mass is 298 g/mol. The van der Waals surface area contributed by atoms with Gasteiger partial charge >= 0.3 is 6.03 Å². The van der Waals surface area contributed by atoms with Gasteiger partial charge in [0, 0.05) is 18.1 Å². The lowest BCUT2D eigenvalue weighted by molar-refractivity contribution is 0.116. The second-order valence-corrected chi connectivity index (χ2v) is 5.53. The van der Waals surface area contributed by atoms with Crippen molar-refractivity contribution in [2.75, 3.05) is 13.1 Å². The van der Waals surface area contributed by atoms with Crippen LogP contribution in [0, 0.1) is 5.92 Å². The first kappa shape index (κ1) is 16.8. The van der Waals surface area contributed by atoms with Gasteiger partial charge in [0.2, 0.25) is 0 Å². The molecule has 0 spiro atoms. The average Bonchev–Trinajstić information content (AvgIpc) is 2.40. The second-order valence-electron chi connectivity index (χ2n) is 5.12. The number of rotatable bonds is 7. The van der Waals surface area contributed by atoms with Gasteiger partial charge in [-0.15, -0.1) is 0 Å². The second kappa shape index (κ2) is 8.82. The smallest absolute Gasteiger partial charge is 0.314 e. The van der Waals surface area contributed by atoms with Crippen LogP contribution in [-0.2, 0) is 6.42 Å². The summed E-state index contributed by atoms with van der Waals surface area (Å²) in [7, 11) is 0. The van der Waals surface area contributed by atoms with Crippen molar-refractivity contribution in [1.82, 2.24) is 10.6 Å². The van der Waals surface area contributed by atoms with Crippen molar-refractivity contribution < 1.29 is 9.90 Å². The van der Waals surface area contributed by atoms with E-state index in [0.29, 0.717) is 25.9 Å². The fourth-order valence-electron chi connectivity index (χ4n) is 1.74. The Hall–Kier alpha value is -1.26. The van der Waals surface area contributed by atoms with Crippen LogP contribution in [0.15, 0.2) is 24.3 Å². The average molecular weight is 299 g/mol. The van der Waals surface area contributed by atoms with E-state index in [1.165, 1.54) is 0 Å². The fraction of sp³-hybridized carbons (Fsp3) is 0.533. The summed E-state index contributed by atoms with van der Waals surface area (Å²) in [6.07, 6.45) is 0.885. The number of aliphatic hydroxyl groups is 1. The topological polar surface area (TPSA) is 61.4 Å². The normalized spacial score (nSPS) is 12.2. The lowest BCUT2D eigenvalue weighted by Gasteiger charge is -2.14. The molecule has 1 atom stereocenters. The van der Waals surface area contributed by atoms with E-state index in [-0.39, 0.29) is 18.1 Å². The first-order valence-corrected chi connectivity index (χ1v) is 7.31. The van der Waals surface area contributed by atoms with Crippen LogP contribution in [0.25, 0.3) is 0 Å². The molecular weight excluding hydrogens is 276 g/mol. The van der Waals surface area contributed by atoms with Crippen LogP contribution in [0.2, 0.25) is 5.02 Å². The zero-order valence-corrected chi connectivity index (χ0v) is 12.8. The Balaban J connectivity index is 2.16. The van der Waals surface area contributed by atoms with E-state index in [2.05, 4.69) is 10.6 Å². The maximum Gasteiger partial charge on any atom is 0.314 e. The van der Waals surface area contributed by atoms with Gasteiger partial charge in [0.25, 0.3) is 0 Å². The van der Waals surface area contributed by atoms with Crippen molar-refractivity contribution in [3.63, 3.8) is 0 Å². The molecule has 0 bridgehead atoms. The van der Waals surface area contributed by atoms with Crippen LogP contribution in [0.1, 0.15) is 25.8 Å². The zero-order chi connectivity index (χ0) is 15.0. The summed E-state index contributed by atoms with van der Waals surface area (Å²) in [5.74, 6) is 0.208. The standard InChI is InChI=1S/C15H23ClN2O2/c1-11(2)14(19)8-10-18-15(20)17-9-7-12-5-3-4-6-13(12)16/h3-6,11,14,19H,7-10H2,1-2H3,(H2,17,18,20). The van der Waals surface area contributed by atoms with Gasteiger partial charge in [-0.05, 0) is 30.4 Å². The van der Waals surface area contributed by atoms with Crippen LogP contribution < -0.4 is 10.6 Å². The third kappa shape index (κ3) is 6.26. The summed E-state index contributed by atoms with van der Waals surface area (Å²) in [4.78, 5) is 11.5. The summed E-state index contributed by atoms with van der Waals surface area (Å²) in [5, 5.41) is 15.8. The van der Waals surface area contributed by atoms with Gasteiger partial charge in [0.05, 0.1) is 6.10 Å². The van der Waals surface area contributed by atoms with E-state index in [4.69, 9.17) is 11.6 Å². The quantitative estimate of drug-likeness (QED) is 0.724. The minimum atomic E-state index is -0.376. The van der Waals surface area contributed by atoms with Crippen molar-refractivity contribution in [2.45, 2.75) is 32.8 Å². The number of halogens is 1. The van der Waals surface area contributed by atoms with Crippen molar-refractivity contribution in [2.24, 2.45) is 5.92 Å². The number of nitrogens with one attached hydrogen (secondary N) is 2. The van der Waals surface area contributed by atoms with Crippen LogP contribution in [-0.4, -0.2) is 30.3 Å². The molecular formula is C15H23ClN2O2. The lowest BCUT2D eigenvalue weighted by Crippen LogP contribution is -2.38. The number of urea groups is 1. The molecule has 0 fully saturated rings. The molecule has 1 unspecified atom stereocenters. The zero-order valence-electron chi connectivity index (χ0n) is 12.0. The van der Waals surface area contributed by atoms with E-state index in [0.717, 1.165) is 10.6 Å². The number of benzene rings is 1. The molecule has 0 saturated carbocycles. The maximum atomic E-state index is 11.5. The number of aliphatic hydroxyl groups excluding tert-OH is 1. The molecule has 4 nitrogen and oxygen atoms in total. The van der Waals surface area contributed by atoms with Crippen molar-refractivity contribution in [1.29, 1.82) is 0 Å². The van der Waals surface area contributed by atoms with Crippen molar-refractivity contribution >= 4 is 17.6 Å². The van der Waals surface area contributed by atoms with E-state index in [9.17, 15) is 9.90 Å². The minimum Gasteiger partial charge on any atom is -0.393 e. The summed E-state index contributed by atoms with van der Waals surface area (Å²) in [6, 6.07) is 7.37. The molecule has 0 saturated heterocycles. The number of amides is 2. The first-order valence-electron chi connectivity index (χ1n) is 6.94. The molecule has 20 heavy (non-hydrogen) atoms. The number of carbonyl (C=O) groups is 1. The van der Waals surface area contributed by atoms with Gasteiger partial charge in [-0.1, -0.05) is 43.6 Å². The molecule has 0 radical (unpaired) electrons. The molecule has 0 aliphatic rings. The molecule has 112 valence electrons. The highest BCUT2D eigenvalue weighted by atomic mass is 35.5. The molecule has 3 N–H and O–H groups in total. The van der Waals surface area contributed by atoms with Crippen molar-refractivity contribution in [3.05, 3.63) is 34.9 Å². The third-order valence-corrected chi connectivity index (χ3v) is 3.50. The summed E-state index contributed by atoms with van der Waals surface area (Å²) in [6.45, 7) is 4.91. The predicted octanol–water partition coefficient (Wildman–Crippen LogP) is 2.59. The molecule has 0 heterocycles. The predicted molar refractivity (Wildman–Crippen MR) is 82.0 cm³/mol. The Bertz CT molecular complexity index is 424. The molecule has 0 aromatic heterocycles. The summed E-state index contributed by atoms with van der Waals surface area (Å²) < 4.78 is 0. The lowest BCUT2D eigenvalue weighted by atomic mass is 10.0. The Morgan fingerprint density at radius 1 is 1.25 bits per heavy atom. The van der Waals surface area contributed by atoms with Gasteiger partial charge in [-0.25, -0.2) is 4.79 Å². The van der Waals surface area contributed by atoms with Crippen LogP contribution in [0.5, 0.6) is 0 Å². The molecule has 0 aliphatic heterocycles. The van der Waals surface area contributed by atoms with E-state index in [1.807, 2.05) is 38.1 Å². The molecule has 1 aromatic carbocycles. The Labute approximate surface area is 125 Å². The van der Waals surface area contributed by atoms with Gasteiger partial charge in [-0.3, -0.25) is 0 Å². The summed E-state index contributed by atoms with van der Waals surface area (Å²) >= 11 is 6.03. The van der Waals surface area contributed by atoms with Crippen LogP contribution >= 0.6 is 11.6 Å². The van der Waals surface area contributed by atoms with Gasteiger partial charge in [-0.2, -0.15) is 0 Å². The molecule has 1 aromatic rings. The van der Waals surface area contributed by atoms with E-state index >= 15 is 0 Å². The Kier molecular flexibility index (Phi) is 7.41. The van der Waals surface area contributed by atoms with Gasteiger partial charge in [0.15, 0.2) is 0 Å². The van der Waals surface area contributed by atoms with E-state index < -0.39 is 0 Å². The molecule has 0 aliphatic carbocycles.